The molecular weight excluding hydrogens is 242 g/mol. The normalized spacial score (nSPS) is 12.1. The molecule has 4 heteroatoms. The second kappa shape index (κ2) is 5.57. The highest BCUT2D eigenvalue weighted by Crippen LogP contribution is 2.23. The van der Waals surface area contributed by atoms with E-state index < -0.39 is 12.1 Å². The van der Waals surface area contributed by atoms with E-state index in [-0.39, 0.29) is 6.42 Å². The van der Waals surface area contributed by atoms with E-state index in [1.54, 1.807) is 13.2 Å². The Hall–Kier alpha value is -2.28. The van der Waals surface area contributed by atoms with Crippen molar-refractivity contribution in [3.63, 3.8) is 0 Å². The van der Waals surface area contributed by atoms with E-state index in [4.69, 9.17) is 14.4 Å². The van der Waals surface area contributed by atoms with Crippen molar-refractivity contribution in [3.8, 4) is 6.07 Å². The van der Waals surface area contributed by atoms with Crippen molar-refractivity contribution in [1.29, 1.82) is 5.26 Å². The average molecular weight is 257 g/mol. The highest BCUT2D eigenvalue weighted by atomic mass is 16.5. The van der Waals surface area contributed by atoms with Crippen LogP contribution in [0.1, 0.15) is 25.0 Å². The van der Waals surface area contributed by atoms with Crippen molar-refractivity contribution in [2.24, 2.45) is 0 Å². The Kier molecular flexibility index (Phi) is 3.86. The number of nitrogens with zero attached hydrogens (tertiary/aromatic N) is 1. The fourth-order valence-corrected chi connectivity index (χ4v) is 1.91. The van der Waals surface area contributed by atoms with Gasteiger partial charge in [0.25, 0.3) is 0 Å². The first-order chi connectivity index (χ1) is 9.13. The number of nitriles is 1. The zero-order valence-corrected chi connectivity index (χ0v) is 11.0. The molecule has 0 radical (unpaired) electrons. The summed E-state index contributed by atoms with van der Waals surface area (Å²) in [4.78, 5) is 11.6. The number of rotatable bonds is 4. The lowest BCUT2D eigenvalue weighted by Gasteiger charge is -2.04. The van der Waals surface area contributed by atoms with Gasteiger partial charge in [-0.15, -0.1) is 0 Å². The van der Waals surface area contributed by atoms with Crippen molar-refractivity contribution in [2.45, 2.75) is 32.8 Å². The maximum atomic E-state index is 11.6. The van der Waals surface area contributed by atoms with Crippen LogP contribution < -0.4 is 0 Å². The molecule has 1 heterocycles. The Morgan fingerprint density at radius 2 is 2.32 bits per heavy atom. The van der Waals surface area contributed by atoms with Crippen LogP contribution >= 0.6 is 0 Å². The van der Waals surface area contributed by atoms with Crippen LogP contribution in [0.4, 0.5) is 0 Å². The van der Waals surface area contributed by atoms with Crippen LogP contribution in [0.25, 0.3) is 11.0 Å². The zero-order valence-electron chi connectivity index (χ0n) is 11.0. The smallest absolute Gasteiger partial charge is 0.311 e. The first kappa shape index (κ1) is 13.2. The standard InChI is InChI=1S/C15H15NO3/c1-3-11-4-5-13-12(9-18-14(13)6-11)7-15(17)19-10(2)8-16/h4-6,9-10H,3,7H2,1-2H3/t10-/m1/s1. The first-order valence-electron chi connectivity index (χ1n) is 6.22. The second-order valence-electron chi connectivity index (χ2n) is 4.38. The molecule has 4 nitrogen and oxygen atoms in total. The molecule has 0 aliphatic heterocycles. The predicted molar refractivity (Wildman–Crippen MR) is 70.5 cm³/mol. The van der Waals surface area contributed by atoms with Gasteiger partial charge in [-0.05, 0) is 25.0 Å². The molecule has 2 aromatic rings. The molecule has 0 bridgehead atoms. The molecule has 0 N–H and O–H groups in total. The molecule has 0 unspecified atom stereocenters. The third kappa shape index (κ3) is 2.94. The minimum absolute atomic E-state index is 0.116. The minimum atomic E-state index is -0.725. The van der Waals surface area contributed by atoms with Gasteiger partial charge in [-0.1, -0.05) is 19.1 Å². The van der Waals surface area contributed by atoms with Gasteiger partial charge in [0.05, 0.1) is 12.7 Å². The Morgan fingerprint density at radius 3 is 3.00 bits per heavy atom. The number of carbonyl (C=O) groups is 1. The topological polar surface area (TPSA) is 63.2 Å². The van der Waals surface area contributed by atoms with Crippen LogP contribution in [-0.2, 0) is 22.4 Å². The Balaban J connectivity index is 2.18. The summed E-state index contributed by atoms with van der Waals surface area (Å²) in [6.07, 6.45) is 1.90. The molecule has 0 saturated heterocycles. The maximum absolute atomic E-state index is 11.6. The summed E-state index contributed by atoms with van der Waals surface area (Å²) in [6.45, 7) is 3.62. The lowest BCUT2D eigenvalue weighted by molar-refractivity contribution is -0.145. The van der Waals surface area contributed by atoms with Crippen LogP contribution in [0.15, 0.2) is 28.9 Å². The van der Waals surface area contributed by atoms with Gasteiger partial charge in [-0.25, -0.2) is 0 Å². The summed E-state index contributed by atoms with van der Waals surface area (Å²) in [5, 5.41) is 9.51. The third-order valence-electron chi connectivity index (χ3n) is 2.95. The van der Waals surface area contributed by atoms with Gasteiger partial charge in [-0.2, -0.15) is 5.26 Å². The van der Waals surface area contributed by atoms with Crippen molar-refractivity contribution in [2.75, 3.05) is 0 Å². The molecule has 2 rings (SSSR count). The lowest BCUT2D eigenvalue weighted by atomic mass is 10.1. The van der Waals surface area contributed by atoms with Crippen molar-refractivity contribution < 1.29 is 13.9 Å². The van der Waals surface area contributed by atoms with Crippen LogP contribution in [0.2, 0.25) is 0 Å². The Morgan fingerprint density at radius 1 is 1.53 bits per heavy atom. The fraction of sp³-hybridized carbons (Fsp3) is 0.333. The quantitative estimate of drug-likeness (QED) is 0.790. The van der Waals surface area contributed by atoms with Crippen molar-refractivity contribution >= 4 is 16.9 Å². The molecule has 1 atom stereocenters. The number of hydrogen-bond donors (Lipinski definition) is 0. The van der Waals surface area contributed by atoms with E-state index in [0.29, 0.717) is 0 Å². The van der Waals surface area contributed by atoms with Gasteiger partial charge < -0.3 is 9.15 Å². The van der Waals surface area contributed by atoms with E-state index in [9.17, 15) is 4.79 Å². The van der Waals surface area contributed by atoms with E-state index in [1.807, 2.05) is 24.3 Å². The summed E-state index contributed by atoms with van der Waals surface area (Å²) in [7, 11) is 0. The number of hydrogen-bond acceptors (Lipinski definition) is 4. The largest absolute Gasteiger partial charge is 0.464 e. The molecule has 0 aliphatic carbocycles. The van der Waals surface area contributed by atoms with Gasteiger partial charge in [-0.3, -0.25) is 4.79 Å². The van der Waals surface area contributed by atoms with Gasteiger partial charge in [0.1, 0.15) is 11.7 Å². The highest BCUT2D eigenvalue weighted by Gasteiger charge is 2.13. The molecule has 98 valence electrons. The Bertz CT molecular complexity index is 636. The third-order valence-corrected chi connectivity index (χ3v) is 2.95. The van der Waals surface area contributed by atoms with E-state index in [1.165, 1.54) is 5.56 Å². The second-order valence-corrected chi connectivity index (χ2v) is 4.38. The molecule has 19 heavy (non-hydrogen) atoms. The lowest BCUT2D eigenvalue weighted by Crippen LogP contribution is -2.14. The molecule has 0 fully saturated rings. The number of furan rings is 1. The SMILES string of the molecule is CCc1ccc2c(CC(=O)O[C@H](C)C#N)coc2c1. The first-order valence-corrected chi connectivity index (χ1v) is 6.22. The average Bonchev–Trinajstić information content (AvgIpc) is 2.80. The van der Waals surface area contributed by atoms with E-state index >= 15 is 0 Å². The molecule has 1 aromatic carbocycles. The van der Waals surface area contributed by atoms with Crippen molar-refractivity contribution in [1.82, 2.24) is 0 Å². The van der Waals surface area contributed by atoms with Crippen LogP contribution in [-0.4, -0.2) is 12.1 Å². The maximum Gasteiger partial charge on any atom is 0.311 e. The minimum Gasteiger partial charge on any atom is -0.464 e. The van der Waals surface area contributed by atoms with Gasteiger partial charge in [0, 0.05) is 10.9 Å². The van der Waals surface area contributed by atoms with Gasteiger partial charge in [0.15, 0.2) is 6.10 Å². The fourth-order valence-electron chi connectivity index (χ4n) is 1.91. The predicted octanol–water partition coefficient (Wildman–Crippen LogP) is 2.99. The monoisotopic (exact) mass is 257 g/mol. The van der Waals surface area contributed by atoms with Crippen molar-refractivity contribution in [3.05, 3.63) is 35.6 Å². The van der Waals surface area contributed by atoms with Gasteiger partial charge >= 0.3 is 5.97 Å². The number of fused-ring (bicyclic) bond motifs is 1. The molecule has 0 amide bonds. The summed E-state index contributed by atoms with van der Waals surface area (Å²) in [6, 6.07) is 7.81. The summed E-state index contributed by atoms with van der Waals surface area (Å²) in [5.41, 5.74) is 2.75. The number of carbonyl (C=O) groups excluding carboxylic acids is 1. The molecular formula is C15H15NO3. The summed E-state index contributed by atoms with van der Waals surface area (Å²) < 4.78 is 10.4. The number of aryl methyl sites for hydroxylation is 1. The number of esters is 1. The molecule has 0 spiro atoms. The van der Waals surface area contributed by atoms with E-state index in [2.05, 4.69) is 6.92 Å². The van der Waals surface area contributed by atoms with Crippen LogP contribution in [0.3, 0.4) is 0 Å². The van der Waals surface area contributed by atoms with Gasteiger partial charge in [0.2, 0.25) is 0 Å². The highest BCUT2D eigenvalue weighted by molar-refractivity contribution is 5.86. The number of ether oxygens (including phenoxy) is 1. The summed E-state index contributed by atoms with van der Waals surface area (Å²) in [5.74, 6) is -0.420. The Labute approximate surface area is 111 Å². The van der Waals surface area contributed by atoms with Crippen LogP contribution in [0.5, 0.6) is 0 Å². The number of benzene rings is 1. The zero-order chi connectivity index (χ0) is 13.8. The van der Waals surface area contributed by atoms with E-state index in [0.717, 1.165) is 23.0 Å². The molecule has 0 aliphatic rings. The van der Waals surface area contributed by atoms with Crippen LogP contribution in [0, 0.1) is 11.3 Å². The summed E-state index contributed by atoms with van der Waals surface area (Å²) >= 11 is 0. The molecule has 1 aromatic heterocycles. The molecule has 0 saturated carbocycles.